The summed E-state index contributed by atoms with van der Waals surface area (Å²) in [7, 11) is 0. The van der Waals surface area contributed by atoms with Crippen LogP contribution >= 0.6 is 11.6 Å². The molecule has 0 aliphatic rings. The number of carbonyl (C=O) groups is 2. The Morgan fingerprint density at radius 2 is 2.11 bits per heavy atom. The van der Waals surface area contributed by atoms with Gasteiger partial charge in [-0.05, 0) is 37.1 Å². The molecule has 1 atom stereocenters. The number of nitrogens with two attached hydrogens (primary N) is 1. The number of rotatable bonds is 10. The van der Waals surface area contributed by atoms with Crippen molar-refractivity contribution in [3.05, 3.63) is 82.0 Å². The van der Waals surface area contributed by atoms with Gasteiger partial charge in [0.05, 0.1) is 23.2 Å². The molecule has 180 valence electrons. The number of hydrogen-bond acceptors (Lipinski definition) is 7. The van der Waals surface area contributed by atoms with Crippen molar-refractivity contribution in [3.63, 3.8) is 0 Å². The lowest BCUT2D eigenvalue weighted by molar-refractivity contribution is -0.121. The predicted octanol–water partition coefficient (Wildman–Crippen LogP) is 3.73. The third-order valence-electron chi connectivity index (χ3n) is 5.23. The summed E-state index contributed by atoms with van der Waals surface area (Å²) in [6.07, 6.45) is 6.29. The highest BCUT2D eigenvalue weighted by Gasteiger charge is 2.18. The molecular formula is C24H22ClN5O5. The van der Waals surface area contributed by atoms with E-state index in [2.05, 4.69) is 16.9 Å². The molecule has 0 radical (unpaired) electrons. The zero-order chi connectivity index (χ0) is 25.7. The number of nitrogens with zero attached hydrogens (tertiary/aromatic N) is 3. The SMILES string of the molecule is C=CC(=N)/C(=C\CC[C@@H](C)C(N)=O)c1coc(-c2cc(Cl)ccc2-n2cc(C(=O)O)nn2)cc1=O. The lowest BCUT2D eigenvalue weighted by Gasteiger charge is -2.11. The van der Waals surface area contributed by atoms with Crippen LogP contribution in [0.1, 0.15) is 35.8 Å². The first-order valence-corrected chi connectivity index (χ1v) is 10.8. The second-order valence-corrected chi connectivity index (χ2v) is 8.09. The number of allylic oxidation sites excluding steroid dienone is 3. The first kappa shape index (κ1) is 25.3. The number of primary amides is 1. The average molecular weight is 496 g/mol. The molecule has 4 N–H and O–H groups in total. The topological polar surface area (TPSA) is 165 Å². The molecule has 1 amide bonds. The first-order valence-electron chi connectivity index (χ1n) is 10.4. The van der Waals surface area contributed by atoms with Crippen LogP contribution in [-0.2, 0) is 4.79 Å². The Hall–Kier alpha value is -4.31. The molecule has 10 nitrogen and oxygen atoms in total. The van der Waals surface area contributed by atoms with Crippen LogP contribution in [0.5, 0.6) is 0 Å². The van der Waals surface area contributed by atoms with Gasteiger partial charge in [-0.1, -0.05) is 36.4 Å². The van der Waals surface area contributed by atoms with Crippen LogP contribution in [0.25, 0.3) is 22.6 Å². The molecule has 1 aromatic carbocycles. The van der Waals surface area contributed by atoms with Crippen LogP contribution in [0.4, 0.5) is 0 Å². The summed E-state index contributed by atoms with van der Waals surface area (Å²) in [6.45, 7) is 5.30. The van der Waals surface area contributed by atoms with Gasteiger partial charge in [0.15, 0.2) is 11.1 Å². The Kier molecular flexibility index (Phi) is 7.77. The van der Waals surface area contributed by atoms with Crippen LogP contribution < -0.4 is 11.2 Å². The molecule has 0 saturated carbocycles. The minimum absolute atomic E-state index is 0.0176. The maximum Gasteiger partial charge on any atom is 0.358 e. The van der Waals surface area contributed by atoms with Gasteiger partial charge in [0.25, 0.3) is 0 Å². The third-order valence-corrected chi connectivity index (χ3v) is 5.47. The van der Waals surface area contributed by atoms with E-state index in [4.69, 9.17) is 32.3 Å². The van der Waals surface area contributed by atoms with Crippen LogP contribution in [-0.4, -0.2) is 37.7 Å². The molecule has 35 heavy (non-hydrogen) atoms. The number of hydrogen-bond donors (Lipinski definition) is 3. The van der Waals surface area contributed by atoms with E-state index in [1.807, 2.05) is 0 Å². The fourth-order valence-electron chi connectivity index (χ4n) is 3.23. The molecule has 3 rings (SSSR count). The number of carboxylic acids is 1. The summed E-state index contributed by atoms with van der Waals surface area (Å²) < 4.78 is 6.99. The molecule has 11 heteroatoms. The fourth-order valence-corrected chi connectivity index (χ4v) is 3.40. The Morgan fingerprint density at radius 1 is 1.37 bits per heavy atom. The number of benzene rings is 1. The van der Waals surface area contributed by atoms with E-state index in [1.165, 1.54) is 29.3 Å². The number of aromatic carboxylic acids is 1. The first-order chi connectivity index (χ1) is 16.6. The van der Waals surface area contributed by atoms with Crippen molar-refractivity contribution in [1.29, 1.82) is 5.41 Å². The van der Waals surface area contributed by atoms with E-state index in [-0.39, 0.29) is 28.6 Å². The fraction of sp³-hybridized carbons (Fsp3) is 0.167. The molecule has 0 bridgehead atoms. The van der Waals surface area contributed by atoms with E-state index in [0.29, 0.717) is 34.7 Å². The van der Waals surface area contributed by atoms with E-state index in [0.717, 1.165) is 0 Å². The summed E-state index contributed by atoms with van der Waals surface area (Å²) >= 11 is 6.16. The minimum Gasteiger partial charge on any atom is -0.476 e. The normalized spacial score (nSPS) is 12.2. The predicted molar refractivity (Wildman–Crippen MR) is 131 cm³/mol. The minimum atomic E-state index is -1.24. The van der Waals surface area contributed by atoms with Crippen molar-refractivity contribution < 1.29 is 19.1 Å². The van der Waals surface area contributed by atoms with Crippen molar-refractivity contribution in [1.82, 2.24) is 15.0 Å². The number of amides is 1. The van der Waals surface area contributed by atoms with E-state index < -0.39 is 17.3 Å². The van der Waals surface area contributed by atoms with Crippen LogP contribution in [0.3, 0.4) is 0 Å². The second kappa shape index (κ2) is 10.7. The van der Waals surface area contributed by atoms with E-state index in [1.54, 1.807) is 31.2 Å². The molecule has 2 aromatic heterocycles. The van der Waals surface area contributed by atoms with Crippen molar-refractivity contribution in [2.75, 3.05) is 0 Å². The van der Waals surface area contributed by atoms with Crippen molar-refractivity contribution in [3.8, 4) is 17.0 Å². The molecule has 2 heterocycles. The standard InChI is InChI=1S/C24H22ClN5O5/c1-3-18(26)15(6-4-5-13(2)23(27)32)17-12-35-22(10-21(17)31)16-9-14(25)7-8-20(16)30-11-19(24(33)34)28-29-30/h3,6-13,26H,1,4-5H2,2H3,(H2,27,32)(H,33,34)/b15-6-,26-18?/t13-/m1/s1. The van der Waals surface area contributed by atoms with Gasteiger partial charge < -0.3 is 20.7 Å². The molecular weight excluding hydrogens is 474 g/mol. The lowest BCUT2D eigenvalue weighted by Crippen LogP contribution is -2.20. The van der Waals surface area contributed by atoms with Crippen molar-refractivity contribution >= 4 is 34.8 Å². The van der Waals surface area contributed by atoms with Gasteiger partial charge >= 0.3 is 5.97 Å². The number of nitrogens with one attached hydrogen (secondary N) is 1. The van der Waals surface area contributed by atoms with Crippen molar-refractivity contribution in [2.24, 2.45) is 11.7 Å². The number of carboxylic acid groups (broad SMARTS) is 1. The van der Waals surface area contributed by atoms with Gasteiger partial charge in [0, 0.05) is 28.1 Å². The van der Waals surface area contributed by atoms with Crippen LogP contribution in [0, 0.1) is 11.3 Å². The smallest absolute Gasteiger partial charge is 0.358 e. The number of aromatic nitrogens is 3. The van der Waals surface area contributed by atoms with Crippen molar-refractivity contribution in [2.45, 2.75) is 19.8 Å². The van der Waals surface area contributed by atoms with Gasteiger partial charge in [-0.15, -0.1) is 5.10 Å². The quantitative estimate of drug-likeness (QED) is 0.360. The Balaban J connectivity index is 2.03. The lowest BCUT2D eigenvalue weighted by atomic mass is 9.98. The number of halogens is 1. The molecule has 3 aromatic rings. The monoisotopic (exact) mass is 495 g/mol. The largest absolute Gasteiger partial charge is 0.476 e. The highest BCUT2D eigenvalue weighted by Crippen LogP contribution is 2.30. The van der Waals surface area contributed by atoms with E-state index in [9.17, 15) is 14.4 Å². The molecule has 0 aliphatic heterocycles. The van der Waals surface area contributed by atoms with Gasteiger partial charge in [0.1, 0.15) is 12.0 Å². The highest BCUT2D eigenvalue weighted by atomic mass is 35.5. The molecule has 0 saturated heterocycles. The molecule has 0 aliphatic carbocycles. The summed E-state index contributed by atoms with van der Waals surface area (Å²) in [5, 5.41) is 25.1. The maximum atomic E-state index is 13.1. The summed E-state index contributed by atoms with van der Waals surface area (Å²) in [5.41, 5.74) is 5.85. The summed E-state index contributed by atoms with van der Waals surface area (Å²) in [5.74, 6) is -1.88. The third kappa shape index (κ3) is 5.79. The van der Waals surface area contributed by atoms with Gasteiger partial charge in [-0.25, -0.2) is 9.48 Å². The Labute approximate surface area is 204 Å². The summed E-state index contributed by atoms with van der Waals surface area (Å²) in [4.78, 5) is 35.5. The molecule has 0 unspecified atom stereocenters. The summed E-state index contributed by atoms with van der Waals surface area (Å²) in [6, 6.07) is 5.96. The Morgan fingerprint density at radius 3 is 2.71 bits per heavy atom. The zero-order valence-electron chi connectivity index (χ0n) is 18.7. The average Bonchev–Trinajstić information content (AvgIpc) is 3.32. The number of carbonyl (C=O) groups excluding carboxylic acids is 1. The molecule has 0 fully saturated rings. The van der Waals surface area contributed by atoms with Gasteiger partial charge in [0.2, 0.25) is 5.91 Å². The Bertz CT molecular complexity index is 1410. The van der Waals surface area contributed by atoms with Crippen LogP contribution in [0.2, 0.25) is 5.02 Å². The maximum absolute atomic E-state index is 13.1. The van der Waals surface area contributed by atoms with Gasteiger partial charge in [-0.2, -0.15) is 0 Å². The molecule has 0 spiro atoms. The van der Waals surface area contributed by atoms with Gasteiger partial charge in [-0.3, -0.25) is 9.59 Å². The second-order valence-electron chi connectivity index (χ2n) is 7.65. The highest BCUT2D eigenvalue weighted by molar-refractivity contribution is 6.31. The zero-order valence-corrected chi connectivity index (χ0v) is 19.5. The van der Waals surface area contributed by atoms with E-state index >= 15 is 0 Å². The van der Waals surface area contributed by atoms with Crippen LogP contribution in [0.15, 0.2) is 64.7 Å².